The van der Waals surface area contributed by atoms with Gasteiger partial charge in [0.2, 0.25) is 15.9 Å². The first-order chi connectivity index (χ1) is 16.0. The molecule has 1 atom stereocenters. The number of likely N-dealkylation sites (tertiary alicyclic amines) is 1. The van der Waals surface area contributed by atoms with Crippen LogP contribution in [0, 0.1) is 5.92 Å². The zero-order valence-corrected chi connectivity index (χ0v) is 20.4. The van der Waals surface area contributed by atoms with Crippen molar-refractivity contribution in [3.63, 3.8) is 0 Å². The number of piperidine rings is 2. The van der Waals surface area contributed by atoms with Gasteiger partial charge >= 0.3 is 0 Å². The molecule has 1 aromatic carbocycles. The maximum Gasteiger partial charge on any atom is 0.243 e. The number of rotatable bonds is 9. The largest absolute Gasteiger partial charge is 0.356 e. The molecular weight excluding hydrogens is 440 g/mol. The van der Waals surface area contributed by atoms with Crippen LogP contribution in [0.1, 0.15) is 51.9 Å². The van der Waals surface area contributed by atoms with Gasteiger partial charge in [-0.25, -0.2) is 13.1 Å². The molecule has 2 aliphatic rings. The lowest BCUT2D eigenvalue weighted by molar-refractivity contribution is -0.126. The molecule has 0 spiro atoms. The number of fused-ring (bicyclic) bond motifs is 1. The van der Waals surface area contributed by atoms with Gasteiger partial charge < -0.3 is 10.2 Å². The Morgan fingerprint density at radius 3 is 2.73 bits per heavy atom. The van der Waals surface area contributed by atoms with Crippen LogP contribution in [0.2, 0.25) is 0 Å². The van der Waals surface area contributed by atoms with Crippen molar-refractivity contribution < 1.29 is 13.2 Å². The number of carbonyl (C=O) groups excluding carboxylic acids is 1. The quantitative estimate of drug-likeness (QED) is 0.557. The van der Waals surface area contributed by atoms with E-state index in [-0.39, 0.29) is 23.3 Å². The fourth-order valence-electron chi connectivity index (χ4n) is 4.85. The standard InChI is InChI=1S/C23H36N6O3S/c1-2-12-29-22-10-9-20(17-21(22)25-26-29)33(31,32)28-16-6-8-19(18-28)23(30)24-11-7-15-27-13-4-3-5-14-27/h9-10,17,19H,2-8,11-16,18H2,1H3,(H,24,30)/t19-/m0/s1. The van der Waals surface area contributed by atoms with Crippen molar-refractivity contribution in [1.82, 2.24) is 29.5 Å². The molecule has 0 aliphatic carbocycles. The summed E-state index contributed by atoms with van der Waals surface area (Å²) >= 11 is 0. The summed E-state index contributed by atoms with van der Waals surface area (Å²) < 4.78 is 29.8. The summed E-state index contributed by atoms with van der Waals surface area (Å²) in [6.07, 6.45) is 7.11. The van der Waals surface area contributed by atoms with Crippen LogP contribution >= 0.6 is 0 Å². The molecule has 2 saturated heterocycles. The highest BCUT2D eigenvalue weighted by atomic mass is 32.2. The summed E-state index contributed by atoms with van der Waals surface area (Å²) in [5.41, 5.74) is 1.40. The van der Waals surface area contributed by atoms with E-state index in [9.17, 15) is 13.2 Å². The van der Waals surface area contributed by atoms with Crippen molar-refractivity contribution in [3.8, 4) is 0 Å². The lowest BCUT2D eigenvalue weighted by Gasteiger charge is -2.31. The normalized spacial score (nSPS) is 20.8. The molecule has 0 bridgehead atoms. The Morgan fingerprint density at radius 1 is 1.12 bits per heavy atom. The average Bonchev–Trinajstić information content (AvgIpc) is 3.25. The molecular formula is C23H36N6O3S. The molecule has 0 saturated carbocycles. The highest BCUT2D eigenvalue weighted by Crippen LogP contribution is 2.26. The van der Waals surface area contributed by atoms with Crippen LogP contribution in [0.4, 0.5) is 0 Å². The summed E-state index contributed by atoms with van der Waals surface area (Å²) in [5, 5.41) is 11.3. The first-order valence-electron chi connectivity index (χ1n) is 12.3. The summed E-state index contributed by atoms with van der Waals surface area (Å²) in [6, 6.07) is 4.99. The summed E-state index contributed by atoms with van der Waals surface area (Å²) in [5.74, 6) is -0.343. The van der Waals surface area contributed by atoms with Gasteiger partial charge in [-0.15, -0.1) is 5.10 Å². The number of amides is 1. The van der Waals surface area contributed by atoms with Crippen molar-refractivity contribution in [2.24, 2.45) is 5.92 Å². The minimum atomic E-state index is -3.69. The smallest absolute Gasteiger partial charge is 0.243 e. The highest BCUT2D eigenvalue weighted by Gasteiger charge is 2.33. The summed E-state index contributed by atoms with van der Waals surface area (Å²) in [4.78, 5) is 15.4. The molecule has 9 nitrogen and oxygen atoms in total. The van der Waals surface area contributed by atoms with Crippen molar-refractivity contribution in [2.75, 3.05) is 39.3 Å². The Kier molecular flexibility index (Phi) is 7.98. The second-order valence-corrected chi connectivity index (χ2v) is 11.2. The fourth-order valence-corrected chi connectivity index (χ4v) is 6.40. The van der Waals surface area contributed by atoms with Crippen LogP contribution in [-0.2, 0) is 21.4 Å². The number of nitrogens with zero attached hydrogens (tertiary/aromatic N) is 5. The molecule has 33 heavy (non-hydrogen) atoms. The van der Waals surface area contributed by atoms with Gasteiger partial charge in [0, 0.05) is 26.2 Å². The van der Waals surface area contributed by atoms with E-state index in [0.717, 1.165) is 44.5 Å². The zero-order chi connectivity index (χ0) is 23.3. The van der Waals surface area contributed by atoms with Crippen LogP contribution in [-0.4, -0.2) is 77.8 Å². The molecule has 2 aromatic rings. The first kappa shape index (κ1) is 24.1. The minimum Gasteiger partial charge on any atom is -0.356 e. The van der Waals surface area contributed by atoms with Gasteiger partial charge in [0.1, 0.15) is 5.52 Å². The van der Waals surface area contributed by atoms with Crippen molar-refractivity contribution in [3.05, 3.63) is 18.2 Å². The molecule has 2 aliphatic heterocycles. The van der Waals surface area contributed by atoms with E-state index in [1.54, 1.807) is 22.9 Å². The minimum absolute atomic E-state index is 0.0356. The van der Waals surface area contributed by atoms with Crippen LogP contribution in [0.15, 0.2) is 23.1 Å². The molecule has 182 valence electrons. The number of hydrogen-bond acceptors (Lipinski definition) is 6. The summed E-state index contributed by atoms with van der Waals surface area (Å²) in [6.45, 7) is 7.42. The second-order valence-electron chi connectivity index (χ2n) is 9.21. The van der Waals surface area contributed by atoms with Crippen LogP contribution < -0.4 is 5.32 Å². The van der Waals surface area contributed by atoms with Gasteiger partial charge in [-0.1, -0.05) is 18.6 Å². The lowest BCUT2D eigenvalue weighted by atomic mass is 9.99. The number of aromatic nitrogens is 3. The Hall–Kier alpha value is -2.04. The topological polar surface area (TPSA) is 100 Å². The van der Waals surface area contributed by atoms with E-state index < -0.39 is 10.0 Å². The third kappa shape index (κ3) is 5.73. The maximum atomic E-state index is 13.3. The van der Waals surface area contributed by atoms with Gasteiger partial charge in [-0.2, -0.15) is 4.31 Å². The molecule has 0 radical (unpaired) electrons. The number of benzene rings is 1. The molecule has 1 N–H and O–H groups in total. The third-order valence-corrected chi connectivity index (χ3v) is 8.57. The number of hydrogen-bond donors (Lipinski definition) is 1. The number of aryl methyl sites for hydroxylation is 1. The van der Waals surface area contributed by atoms with Crippen molar-refractivity contribution in [1.29, 1.82) is 0 Å². The van der Waals surface area contributed by atoms with Gasteiger partial charge in [-0.3, -0.25) is 4.79 Å². The first-order valence-corrected chi connectivity index (χ1v) is 13.8. The molecule has 10 heteroatoms. The van der Waals surface area contributed by atoms with Crippen molar-refractivity contribution in [2.45, 2.75) is 63.3 Å². The number of carbonyl (C=O) groups is 1. The molecule has 4 rings (SSSR count). The number of sulfonamides is 1. The van der Waals surface area contributed by atoms with E-state index in [4.69, 9.17) is 0 Å². The predicted octanol–water partition coefficient (Wildman–Crippen LogP) is 2.23. The molecule has 3 heterocycles. The molecule has 0 unspecified atom stereocenters. The second kappa shape index (κ2) is 10.9. The number of nitrogens with one attached hydrogen (secondary N) is 1. The molecule has 1 amide bonds. The summed E-state index contributed by atoms with van der Waals surface area (Å²) in [7, 11) is -3.69. The third-order valence-electron chi connectivity index (χ3n) is 6.71. The van der Waals surface area contributed by atoms with Gasteiger partial charge in [0.25, 0.3) is 0 Å². The van der Waals surface area contributed by atoms with E-state index in [1.165, 1.54) is 23.6 Å². The molecule has 1 aromatic heterocycles. The van der Waals surface area contributed by atoms with E-state index >= 15 is 0 Å². The average molecular weight is 477 g/mol. The van der Waals surface area contributed by atoms with E-state index in [2.05, 4.69) is 27.5 Å². The van der Waals surface area contributed by atoms with Gasteiger partial charge in [-0.05, 0) is 76.4 Å². The highest BCUT2D eigenvalue weighted by molar-refractivity contribution is 7.89. The fraction of sp³-hybridized carbons (Fsp3) is 0.696. The van der Waals surface area contributed by atoms with Crippen molar-refractivity contribution >= 4 is 27.0 Å². The van der Waals surface area contributed by atoms with Crippen LogP contribution in [0.25, 0.3) is 11.0 Å². The van der Waals surface area contributed by atoms with Crippen LogP contribution in [0.3, 0.4) is 0 Å². The SMILES string of the molecule is CCCn1nnc2cc(S(=O)(=O)N3CCC[C@H](C(=O)NCCCN4CCCCC4)C3)ccc21. The monoisotopic (exact) mass is 476 g/mol. The molecule has 2 fully saturated rings. The predicted molar refractivity (Wildman–Crippen MR) is 127 cm³/mol. The Balaban J connectivity index is 1.33. The zero-order valence-electron chi connectivity index (χ0n) is 19.6. The van der Waals surface area contributed by atoms with E-state index in [0.29, 0.717) is 31.4 Å². The Labute approximate surface area is 196 Å². The van der Waals surface area contributed by atoms with Gasteiger partial charge in [0.15, 0.2) is 0 Å². The Morgan fingerprint density at radius 2 is 1.94 bits per heavy atom. The van der Waals surface area contributed by atoms with Crippen LogP contribution in [0.5, 0.6) is 0 Å². The maximum absolute atomic E-state index is 13.3. The Bertz CT molecular complexity index is 1050. The van der Waals surface area contributed by atoms with E-state index in [1.807, 2.05) is 0 Å². The van der Waals surface area contributed by atoms with Gasteiger partial charge in [0.05, 0.1) is 16.3 Å². The lowest BCUT2D eigenvalue weighted by Crippen LogP contribution is -2.45.